The maximum Gasteiger partial charge on any atom is 0.288 e. The fourth-order valence-electron chi connectivity index (χ4n) is 2.96. The summed E-state index contributed by atoms with van der Waals surface area (Å²) in [5.41, 5.74) is 0.330. The standard InChI is InChI=1S/C20H10ClN3O6S2/c21-15-6-4-11(8-16(15)24(28)29)17-7-5-14(30-17)10-18-19(25)22(20(31)32-18)12-2-1-3-13(9-12)23(26)27/h1-10H/b18-10+. The molecule has 0 bridgehead atoms. The lowest BCUT2D eigenvalue weighted by atomic mass is 10.1. The molecule has 2 aromatic carbocycles. The Bertz CT molecular complexity index is 1340. The van der Waals surface area contributed by atoms with E-state index in [0.29, 0.717) is 22.8 Å². The van der Waals surface area contributed by atoms with E-state index in [1.165, 1.54) is 41.3 Å². The summed E-state index contributed by atoms with van der Waals surface area (Å²) in [6, 6.07) is 13.1. The molecular weight excluding hydrogens is 478 g/mol. The number of nitrogens with zero attached hydrogens (tertiary/aromatic N) is 3. The van der Waals surface area contributed by atoms with E-state index in [1.54, 1.807) is 24.3 Å². The van der Waals surface area contributed by atoms with Crippen LogP contribution < -0.4 is 4.90 Å². The average molecular weight is 488 g/mol. The van der Waals surface area contributed by atoms with E-state index >= 15 is 0 Å². The van der Waals surface area contributed by atoms with Gasteiger partial charge in [0.05, 0.1) is 20.4 Å². The zero-order valence-electron chi connectivity index (χ0n) is 15.8. The van der Waals surface area contributed by atoms with E-state index in [-0.39, 0.29) is 25.6 Å². The first kappa shape index (κ1) is 21.7. The number of hydrogen-bond acceptors (Lipinski definition) is 8. The number of anilines is 1. The van der Waals surface area contributed by atoms with Gasteiger partial charge in [-0.05, 0) is 30.3 Å². The Morgan fingerprint density at radius 1 is 1.06 bits per heavy atom. The number of rotatable bonds is 5. The van der Waals surface area contributed by atoms with Gasteiger partial charge in [-0.15, -0.1) is 0 Å². The van der Waals surface area contributed by atoms with Gasteiger partial charge < -0.3 is 4.42 Å². The Morgan fingerprint density at radius 3 is 2.56 bits per heavy atom. The minimum Gasteiger partial charge on any atom is -0.457 e. The van der Waals surface area contributed by atoms with Crippen LogP contribution in [0.1, 0.15) is 5.76 Å². The van der Waals surface area contributed by atoms with Gasteiger partial charge >= 0.3 is 0 Å². The van der Waals surface area contributed by atoms with Crippen molar-refractivity contribution >= 4 is 68.9 Å². The van der Waals surface area contributed by atoms with Crippen LogP contribution in [-0.4, -0.2) is 20.1 Å². The minimum absolute atomic E-state index is 0.00959. The molecule has 0 spiro atoms. The van der Waals surface area contributed by atoms with Gasteiger partial charge in [-0.3, -0.25) is 29.9 Å². The molecule has 9 nitrogen and oxygen atoms in total. The molecule has 0 unspecified atom stereocenters. The lowest BCUT2D eigenvalue weighted by Crippen LogP contribution is -2.27. The topological polar surface area (TPSA) is 120 Å². The Balaban J connectivity index is 1.62. The summed E-state index contributed by atoms with van der Waals surface area (Å²) in [5, 5.41) is 22.1. The lowest BCUT2D eigenvalue weighted by molar-refractivity contribution is -0.384. The fraction of sp³-hybridized carbons (Fsp3) is 0. The molecule has 0 N–H and O–H groups in total. The molecule has 160 valence electrons. The lowest BCUT2D eigenvalue weighted by Gasteiger charge is -2.13. The number of non-ortho nitro benzene ring substituents is 1. The highest BCUT2D eigenvalue weighted by Crippen LogP contribution is 2.38. The Labute approximate surface area is 194 Å². The molecule has 4 rings (SSSR count). The summed E-state index contributed by atoms with van der Waals surface area (Å²) in [6.07, 6.45) is 1.49. The van der Waals surface area contributed by atoms with Gasteiger partial charge in [0.15, 0.2) is 4.32 Å². The van der Waals surface area contributed by atoms with Gasteiger partial charge in [-0.1, -0.05) is 41.6 Å². The van der Waals surface area contributed by atoms with Crippen molar-refractivity contribution in [2.24, 2.45) is 0 Å². The second-order valence-corrected chi connectivity index (χ2v) is 8.50. The molecule has 1 fully saturated rings. The molecule has 1 aliphatic rings. The number of thioether (sulfide) groups is 1. The van der Waals surface area contributed by atoms with Gasteiger partial charge in [-0.25, -0.2) is 0 Å². The van der Waals surface area contributed by atoms with Crippen molar-refractivity contribution in [2.45, 2.75) is 0 Å². The van der Waals surface area contributed by atoms with Crippen molar-refractivity contribution in [1.82, 2.24) is 0 Å². The highest BCUT2D eigenvalue weighted by molar-refractivity contribution is 8.27. The maximum atomic E-state index is 12.9. The highest BCUT2D eigenvalue weighted by atomic mass is 35.5. The third-order valence-corrected chi connectivity index (χ3v) is 6.04. The van der Waals surface area contributed by atoms with Crippen LogP contribution in [0.2, 0.25) is 5.02 Å². The van der Waals surface area contributed by atoms with Gasteiger partial charge in [0.2, 0.25) is 0 Å². The molecule has 1 aliphatic heterocycles. The van der Waals surface area contributed by atoms with Gasteiger partial charge in [0.25, 0.3) is 17.3 Å². The minimum atomic E-state index is -0.588. The van der Waals surface area contributed by atoms with Crippen LogP contribution in [0.25, 0.3) is 17.4 Å². The van der Waals surface area contributed by atoms with Crippen LogP contribution in [0.3, 0.4) is 0 Å². The molecule has 0 aliphatic carbocycles. The Morgan fingerprint density at radius 2 is 1.84 bits per heavy atom. The number of thiocarbonyl (C=S) groups is 1. The predicted octanol–water partition coefficient (Wildman–Crippen LogP) is 5.82. The molecule has 32 heavy (non-hydrogen) atoms. The Kier molecular flexibility index (Phi) is 5.78. The molecule has 12 heteroatoms. The zero-order chi connectivity index (χ0) is 23.0. The first-order valence-corrected chi connectivity index (χ1v) is 10.4. The molecular formula is C20H10ClN3O6S2. The quantitative estimate of drug-likeness (QED) is 0.191. The van der Waals surface area contributed by atoms with Crippen LogP contribution in [-0.2, 0) is 4.79 Å². The van der Waals surface area contributed by atoms with Crippen molar-refractivity contribution in [2.75, 3.05) is 4.90 Å². The number of halogens is 1. The number of carbonyl (C=O) groups excluding carboxylic acids is 1. The Hall–Kier alpha value is -3.54. The molecule has 1 saturated heterocycles. The van der Waals surface area contributed by atoms with Crippen LogP contribution >= 0.6 is 35.6 Å². The second-order valence-electron chi connectivity index (χ2n) is 6.42. The third kappa shape index (κ3) is 4.13. The van der Waals surface area contributed by atoms with Crippen molar-refractivity contribution in [1.29, 1.82) is 0 Å². The van der Waals surface area contributed by atoms with Gasteiger partial charge in [-0.2, -0.15) is 0 Å². The monoisotopic (exact) mass is 487 g/mol. The number of amides is 1. The van der Waals surface area contributed by atoms with Crippen LogP contribution in [0.15, 0.2) is 63.9 Å². The number of furan rings is 1. The van der Waals surface area contributed by atoms with Crippen molar-refractivity contribution in [3.05, 3.63) is 90.5 Å². The van der Waals surface area contributed by atoms with Crippen molar-refractivity contribution < 1.29 is 19.1 Å². The molecule has 1 aromatic heterocycles. The molecule has 0 saturated carbocycles. The average Bonchev–Trinajstić information content (AvgIpc) is 3.32. The summed E-state index contributed by atoms with van der Waals surface area (Å²) in [4.78, 5) is 35.4. The van der Waals surface area contributed by atoms with Crippen LogP contribution in [0.4, 0.5) is 17.1 Å². The number of hydrogen-bond donors (Lipinski definition) is 0. The SMILES string of the molecule is O=C1/C(=C\c2ccc(-c3ccc(Cl)c([N+](=O)[O-])c3)o2)SC(=S)N1c1cccc([N+](=O)[O-])c1. The van der Waals surface area contributed by atoms with Gasteiger partial charge in [0, 0.05) is 29.8 Å². The van der Waals surface area contributed by atoms with E-state index < -0.39 is 15.8 Å². The smallest absolute Gasteiger partial charge is 0.288 e. The van der Waals surface area contributed by atoms with E-state index in [4.69, 9.17) is 28.2 Å². The number of nitro benzene ring substituents is 2. The van der Waals surface area contributed by atoms with Crippen LogP contribution in [0, 0.1) is 20.2 Å². The summed E-state index contributed by atoms with van der Waals surface area (Å²) in [6.45, 7) is 0. The first-order valence-electron chi connectivity index (χ1n) is 8.81. The summed E-state index contributed by atoms with van der Waals surface area (Å²) in [5.74, 6) is 0.239. The summed E-state index contributed by atoms with van der Waals surface area (Å²) < 4.78 is 5.95. The summed E-state index contributed by atoms with van der Waals surface area (Å²) >= 11 is 12.2. The third-order valence-electron chi connectivity index (χ3n) is 4.42. The maximum absolute atomic E-state index is 12.9. The second kappa shape index (κ2) is 8.54. The fourth-order valence-corrected chi connectivity index (χ4v) is 4.42. The van der Waals surface area contributed by atoms with Gasteiger partial charge in [0.1, 0.15) is 16.5 Å². The normalized spacial score (nSPS) is 14.9. The number of carbonyl (C=O) groups is 1. The van der Waals surface area contributed by atoms with Crippen LogP contribution in [0.5, 0.6) is 0 Å². The number of benzene rings is 2. The molecule has 0 radical (unpaired) electrons. The zero-order valence-corrected chi connectivity index (χ0v) is 18.1. The summed E-state index contributed by atoms with van der Waals surface area (Å²) in [7, 11) is 0. The number of nitro groups is 2. The van der Waals surface area contributed by atoms with E-state index in [9.17, 15) is 25.0 Å². The molecule has 3 aromatic rings. The predicted molar refractivity (Wildman–Crippen MR) is 125 cm³/mol. The van der Waals surface area contributed by atoms with E-state index in [0.717, 1.165) is 11.8 Å². The van der Waals surface area contributed by atoms with Crippen molar-refractivity contribution in [3.63, 3.8) is 0 Å². The highest BCUT2D eigenvalue weighted by Gasteiger charge is 2.34. The largest absolute Gasteiger partial charge is 0.457 e. The molecule has 2 heterocycles. The molecule has 0 atom stereocenters. The molecule has 1 amide bonds. The van der Waals surface area contributed by atoms with E-state index in [2.05, 4.69) is 0 Å². The van der Waals surface area contributed by atoms with E-state index in [1.807, 2.05) is 0 Å². The van der Waals surface area contributed by atoms with Crippen molar-refractivity contribution in [3.8, 4) is 11.3 Å². The first-order chi connectivity index (χ1) is 15.2.